The Morgan fingerprint density at radius 2 is 1.89 bits per heavy atom. The normalized spacial score (nSPS) is 17.2. The van der Waals surface area contributed by atoms with Crippen LogP contribution in [0.3, 0.4) is 0 Å². The molecule has 98 valence electrons. The summed E-state index contributed by atoms with van der Waals surface area (Å²) >= 11 is 0. The van der Waals surface area contributed by atoms with E-state index < -0.39 is 0 Å². The molecule has 4 heteroatoms. The molecule has 1 aliphatic carbocycles. The Bertz CT molecular complexity index is 471. The molecule has 0 radical (unpaired) electrons. The average Bonchev–Trinajstić information content (AvgIpc) is 2.56. The van der Waals surface area contributed by atoms with Crippen LogP contribution in [0.4, 0.5) is 0 Å². The molecule has 0 saturated heterocycles. The lowest BCUT2D eigenvalue weighted by molar-refractivity contribution is 0.0933. The van der Waals surface area contributed by atoms with Gasteiger partial charge in [0.1, 0.15) is 0 Å². The number of aromatic nitrogens is 1. The molecule has 0 spiro atoms. The van der Waals surface area contributed by atoms with Crippen LogP contribution in [0.1, 0.15) is 54.6 Å². The number of rotatable bonds is 2. The summed E-state index contributed by atoms with van der Waals surface area (Å²) in [6.07, 6.45) is 6.98. The summed E-state index contributed by atoms with van der Waals surface area (Å²) in [5, 5.41) is 3.04. The smallest absolute Gasteiger partial charge is 0.251 e. The summed E-state index contributed by atoms with van der Waals surface area (Å²) in [6, 6.07) is 3.34. The van der Waals surface area contributed by atoms with Crippen LogP contribution >= 0.6 is 0 Å². The minimum Gasteiger partial charge on any atom is -0.349 e. The Hall–Kier alpha value is -1.58. The van der Waals surface area contributed by atoms with Crippen LogP contribution in [0, 0.1) is 6.92 Å². The number of aryl methyl sites for hydroxylation is 1. The van der Waals surface area contributed by atoms with Gasteiger partial charge in [0, 0.05) is 23.4 Å². The van der Waals surface area contributed by atoms with Crippen molar-refractivity contribution in [3.63, 3.8) is 0 Å². The van der Waals surface area contributed by atoms with Gasteiger partial charge in [0.2, 0.25) is 5.56 Å². The molecule has 1 saturated carbocycles. The van der Waals surface area contributed by atoms with Crippen molar-refractivity contribution in [3.05, 3.63) is 33.7 Å². The number of hydrogen-bond acceptors (Lipinski definition) is 2. The Kier molecular flexibility index (Phi) is 4.18. The van der Waals surface area contributed by atoms with E-state index in [1.807, 2.05) is 0 Å². The molecule has 0 bridgehead atoms. The van der Waals surface area contributed by atoms with Crippen molar-refractivity contribution in [2.24, 2.45) is 0 Å². The van der Waals surface area contributed by atoms with E-state index in [1.54, 1.807) is 13.0 Å². The second kappa shape index (κ2) is 5.85. The number of carbonyl (C=O) groups is 1. The minimum atomic E-state index is -0.221. The molecule has 2 N–H and O–H groups in total. The fraction of sp³-hybridized carbons (Fsp3) is 0.571. The first-order chi connectivity index (χ1) is 8.65. The van der Waals surface area contributed by atoms with Gasteiger partial charge in [-0.1, -0.05) is 25.7 Å². The molecular formula is C14H20N2O2. The molecule has 1 aromatic heterocycles. The molecule has 0 aromatic carbocycles. The molecule has 1 aliphatic rings. The highest BCUT2D eigenvalue weighted by Gasteiger charge is 2.16. The third kappa shape index (κ3) is 3.45. The minimum absolute atomic E-state index is 0.129. The topological polar surface area (TPSA) is 62.0 Å². The zero-order chi connectivity index (χ0) is 13.0. The summed E-state index contributed by atoms with van der Waals surface area (Å²) in [4.78, 5) is 26.0. The zero-order valence-electron chi connectivity index (χ0n) is 10.8. The maximum atomic E-state index is 12.1. The van der Waals surface area contributed by atoms with Crippen LogP contribution in [0.25, 0.3) is 0 Å². The summed E-state index contributed by atoms with van der Waals surface area (Å²) in [6.45, 7) is 1.78. The van der Waals surface area contributed by atoms with E-state index in [-0.39, 0.29) is 17.5 Å². The first-order valence-electron chi connectivity index (χ1n) is 6.67. The van der Waals surface area contributed by atoms with E-state index in [1.165, 1.54) is 31.7 Å². The molecule has 18 heavy (non-hydrogen) atoms. The van der Waals surface area contributed by atoms with Crippen molar-refractivity contribution in [2.45, 2.75) is 51.5 Å². The lowest BCUT2D eigenvalue weighted by Crippen LogP contribution is -2.35. The van der Waals surface area contributed by atoms with Crippen LogP contribution in [-0.4, -0.2) is 16.9 Å². The zero-order valence-corrected chi connectivity index (χ0v) is 10.8. The van der Waals surface area contributed by atoms with Crippen molar-refractivity contribution in [3.8, 4) is 0 Å². The lowest BCUT2D eigenvalue weighted by Gasteiger charge is -2.16. The molecule has 1 amide bonds. The van der Waals surface area contributed by atoms with Gasteiger partial charge in [-0.2, -0.15) is 0 Å². The molecule has 1 aromatic rings. The molecule has 1 heterocycles. The van der Waals surface area contributed by atoms with E-state index in [0.29, 0.717) is 11.3 Å². The predicted octanol–water partition coefficient (Wildman–Crippen LogP) is 2.14. The highest BCUT2D eigenvalue weighted by Crippen LogP contribution is 2.17. The number of amides is 1. The Morgan fingerprint density at radius 1 is 1.22 bits per heavy atom. The van der Waals surface area contributed by atoms with Gasteiger partial charge in [0.15, 0.2) is 0 Å². The van der Waals surface area contributed by atoms with Gasteiger partial charge in [-0.3, -0.25) is 9.59 Å². The summed E-state index contributed by atoms with van der Waals surface area (Å²) in [7, 11) is 0. The first kappa shape index (κ1) is 12.9. The first-order valence-corrected chi connectivity index (χ1v) is 6.67. The van der Waals surface area contributed by atoms with Gasteiger partial charge in [0.25, 0.3) is 5.91 Å². The summed E-state index contributed by atoms with van der Waals surface area (Å²) < 4.78 is 0. The molecule has 4 nitrogen and oxygen atoms in total. The van der Waals surface area contributed by atoms with E-state index >= 15 is 0 Å². The summed E-state index contributed by atoms with van der Waals surface area (Å²) in [5.41, 5.74) is 0.954. The lowest BCUT2D eigenvalue weighted by atomic mass is 10.1. The maximum Gasteiger partial charge on any atom is 0.251 e. The van der Waals surface area contributed by atoms with Gasteiger partial charge >= 0.3 is 0 Å². The van der Waals surface area contributed by atoms with Gasteiger partial charge in [-0.15, -0.1) is 0 Å². The molecular weight excluding hydrogens is 228 g/mol. The van der Waals surface area contributed by atoms with Crippen molar-refractivity contribution in [1.82, 2.24) is 10.3 Å². The number of hydrogen-bond donors (Lipinski definition) is 2. The Morgan fingerprint density at radius 3 is 2.50 bits per heavy atom. The number of nitrogens with one attached hydrogen (secondary N) is 2. The predicted molar refractivity (Wildman–Crippen MR) is 70.8 cm³/mol. The Balaban J connectivity index is 2.04. The average molecular weight is 248 g/mol. The Labute approximate surface area is 107 Å². The number of carbonyl (C=O) groups excluding carboxylic acids is 1. The van der Waals surface area contributed by atoms with E-state index in [4.69, 9.17) is 0 Å². The van der Waals surface area contributed by atoms with Crippen LogP contribution in [-0.2, 0) is 0 Å². The third-order valence-corrected chi connectivity index (χ3v) is 3.43. The SMILES string of the molecule is Cc1cc(C(=O)NC2CCCCCC2)cc(=O)[nH]1. The van der Waals surface area contributed by atoms with Crippen molar-refractivity contribution in [2.75, 3.05) is 0 Å². The van der Waals surface area contributed by atoms with Gasteiger partial charge in [-0.05, 0) is 25.8 Å². The number of H-pyrrole nitrogens is 1. The van der Waals surface area contributed by atoms with Crippen LogP contribution in [0.5, 0.6) is 0 Å². The molecule has 0 aliphatic heterocycles. The standard InChI is InChI=1S/C14H20N2O2/c1-10-8-11(9-13(17)15-10)14(18)16-12-6-4-2-3-5-7-12/h8-9,12H,2-7H2,1H3,(H,15,17)(H,16,18). The van der Waals surface area contributed by atoms with Gasteiger partial charge < -0.3 is 10.3 Å². The van der Waals surface area contributed by atoms with Crippen LogP contribution in [0.15, 0.2) is 16.9 Å². The van der Waals surface area contributed by atoms with Crippen LogP contribution < -0.4 is 10.9 Å². The molecule has 0 atom stereocenters. The second-order valence-electron chi connectivity index (χ2n) is 5.08. The quantitative estimate of drug-likeness (QED) is 0.788. The van der Waals surface area contributed by atoms with E-state index in [2.05, 4.69) is 10.3 Å². The highest BCUT2D eigenvalue weighted by molar-refractivity contribution is 5.94. The van der Waals surface area contributed by atoms with Gasteiger partial charge in [-0.25, -0.2) is 0 Å². The van der Waals surface area contributed by atoms with E-state index in [9.17, 15) is 9.59 Å². The van der Waals surface area contributed by atoms with Crippen molar-refractivity contribution in [1.29, 1.82) is 0 Å². The maximum absolute atomic E-state index is 12.1. The highest BCUT2D eigenvalue weighted by atomic mass is 16.2. The number of pyridine rings is 1. The molecule has 1 fully saturated rings. The largest absolute Gasteiger partial charge is 0.349 e. The van der Waals surface area contributed by atoms with Crippen LogP contribution in [0.2, 0.25) is 0 Å². The van der Waals surface area contributed by atoms with Crippen molar-refractivity contribution < 1.29 is 4.79 Å². The number of aromatic amines is 1. The second-order valence-corrected chi connectivity index (χ2v) is 5.08. The fourth-order valence-corrected chi connectivity index (χ4v) is 2.51. The summed E-state index contributed by atoms with van der Waals surface area (Å²) in [5.74, 6) is -0.129. The molecule has 0 unspecified atom stereocenters. The van der Waals surface area contributed by atoms with E-state index in [0.717, 1.165) is 12.8 Å². The third-order valence-electron chi connectivity index (χ3n) is 3.43. The fourth-order valence-electron chi connectivity index (χ4n) is 2.51. The molecule has 2 rings (SSSR count). The monoisotopic (exact) mass is 248 g/mol. The van der Waals surface area contributed by atoms with Gasteiger partial charge in [0.05, 0.1) is 0 Å². The van der Waals surface area contributed by atoms with Crippen molar-refractivity contribution >= 4 is 5.91 Å².